The molecule has 0 spiro atoms. The maximum Gasteiger partial charge on any atom is 0.215 e. The zero-order valence-electron chi connectivity index (χ0n) is 12.1. The average molecular weight is 296 g/mol. The predicted molar refractivity (Wildman–Crippen MR) is 82.7 cm³/mol. The number of nitrogens with one attached hydrogen (secondary N) is 1. The van der Waals surface area contributed by atoms with Crippen molar-refractivity contribution in [1.82, 2.24) is 4.72 Å². The highest BCUT2D eigenvalue weighted by Crippen LogP contribution is 2.40. The minimum Gasteiger partial charge on any atom is -0.398 e. The highest BCUT2D eigenvalue weighted by molar-refractivity contribution is 7.88. The van der Waals surface area contributed by atoms with E-state index in [2.05, 4.69) is 11.6 Å². The third-order valence-electron chi connectivity index (χ3n) is 4.48. The van der Waals surface area contributed by atoms with E-state index in [4.69, 9.17) is 5.73 Å². The van der Waals surface area contributed by atoms with Crippen LogP contribution in [0.5, 0.6) is 0 Å². The van der Waals surface area contributed by atoms with E-state index in [-0.39, 0.29) is 11.2 Å². The molecule has 2 rings (SSSR count). The van der Waals surface area contributed by atoms with E-state index >= 15 is 0 Å². The van der Waals surface area contributed by atoms with Crippen LogP contribution in [-0.2, 0) is 15.8 Å². The second kappa shape index (κ2) is 6.14. The van der Waals surface area contributed by atoms with Crippen LogP contribution in [-0.4, -0.2) is 15.0 Å². The summed E-state index contributed by atoms with van der Waals surface area (Å²) in [4.78, 5) is 0. The summed E-state index contributed by atoms with van der Waals surface area (Å²) >= 11 is 0. The zero-order chi connectivity index (χ0) is 14.6. The molecule has 0 heterocycles. The van der Waals surface area contributed by atoms with Gasteiger partial charge in [-0.1, -0.05) is 38.0 Å². The van der Waals surface area contributed by atoms with Gasteiger partial charge in [-0.2, -0.15) is 0 Å². The van der Waals surface area contributed by atoms with Gasteiger partial charge in [-0.25, -0.2) is 13.1 Å². The van der Waals surface area contributed by atoms with Crippen LogP contribution in [0.15, 0.2) is 24.3 Å². The molecule has 1 fully saturated rings. The van der Waals surface area contributed by atoms with Gasteiger partial charge in [0.05, 0.1) is 5.75 Å². The topological polar surface area (TPSA) is 72.2 Å². The van der Waals surface area contributed by atoms with Crippen LogP contribution in [0.2, 0.25) is 0 Å². The number of anilines is 1. The Hall–Kier alpha value is -1.07. The molecule has 20 heavy (non-hydrogen) atoms. The van der Waals surface area contributed by atoms with Crippen molar-refractivity contribution in [3.8, 4) is 0 Å². The van der Waals surface area contributed by atoms with Crippen LogP contribution in [0, 0.1) is 5.41 Å². The monoisotopic (exact) mass is 296 g/mol. The number of hydrogen-bond donors (Lipinski definition) is 2. The maximum atomic E-state index is 12.2. The van der Waals surface area contributed by atoms with E-state index in [0.717, 1.165) is 19.3 Å². The van der Waals surface area contributed by atoms with Crippen molar-refractivity contribution >= 4 is 15.7 Å². The van der Waals surface area contributed by atoms with Crippen LogP contribution in [0.25, 0.3) is 0 Å². The molecule has 1 aliphatic rings. The van der Waals surface area contributed by atoms with E-state index in [0.29, 0.717) is 17.8 Å². The van der Waals surface area contributed by atoms with Gasteiger partial charge in [0.1, 0.15) is 0 Å². The molecular formula is C15H24N2O2S. The van der Waals surface area contributed by atoms with Gasteiger partial charge in [0.25, 0.3) is 0 Å². The standard InChI is InChI=1S/C15H24N2O2S/c1-2-15(9-5-6-10-15)12-17-20(18,19)11-13-7-3-4-8-14(13)16/h3-4,7-8,17H,2,5-6,9-12,16H2,1H3. The van der Waals surface area contributed by atoms with Crippen molar-refractivity contribution < 1.29 is 8.42 Å². The van der Waals surface area contributed by atoms with Crippen molar-refractivity contribution in [3.05, 3.63) is 29.8 Å². The third kappa shape index (κ3) is 3.73. The van der Waals surface area contributed by atoms with Gasteiger partial charge in [-0.15, -0.1) is 0 Å². The molecule has 1 aromatic carbocycles. The Bertz CT molecular complexity index is 549. The molecule has 5 heteroatoms. The lowest BCUT2D eigenvalue weighted by Gasteiger charge is -2.27. The van der Waals surface area contributed by atoms with Gasteiger partial charge in [-0.3, -0.25) is 0 Å². The van der Waals surface area contributed by atoms with E-state index in [1.165, 1.54) is 12.8 Å². The molecule has 0 radical (unpaired) electrons. The summed E-state index contributed by atoms with van der Waals surface area (Å²) in [5.74, 6) is -0.0422. The van der Waals surface area contributed by atoms with Gasteiger partial charge in [0, 0.05) is 12.2 Å². The van der Waals surface area contributed by atoms with Crippen LogP contribution in [0.4, 0.5) is 5.69 Å². The molecule has 4 nitrogen and oxygen atoms in total. The molecule has 1 aromatic rings. The van der Waals surface area contributed by atoms with Crippen molar-refractivity contribution in [2.24, 2.45) is 5.41 Å². The van der Waals surface area contributed by atoms with Crippen LogP contribution < -0.4 is 10.5 Å². The fraction of sp³-hybridized carbons (Fsp3) is 0.600. The largest absolute Gasteiger partial charge is 0.398 e. The first kappa shape index (κ1) is 15.3. The average Bonchev–Trinajstić information content (AvgIpc) is 2.89. The van der Waals surface area contributed by atoms with E-state index in [9.17, 15) is 8.42 Å². The van der Waals surface area contributed by atoms with Crippen LogP contribution in [0.1, 0.15) is 44.6 Å². The van der Waals surface area contributed by atoms with Crippen molar-refractivity contribution in [2.75, 3.05) is 12.3 Å². The minimum absolute atomic E-state index is 0.0422. The fourth-order valence-electron chi connectivity index (χ4n) is 2.96. The molecule has 0 unspecified atom stereocenters. The number of para-hydroxylation sites is 1. The molecule has 0 saturated heterocycles. The van der Waals surface area contributed by atoms with Crippen LogP contribution >= 0.6 is 0 Å². The van der Waals surface area contributed by atoms with Gasteiger partial charge in [-0.05, 0) is 36.3 Å². The highest BCUT2D eigenvalue weighted by atomic mass is 32.2. The lowest BCUT2D eigenvalue weighted by molar-refractivity contribution is 0.285. The first-order valence-corrected chi connectivity index (χ1v) is 8.92. The lowest BCUT2D eigenvalue weighted by atomic mass is 9.84. The summed E-state index contributed by atoms with van der Waals surface area (Å²) in [5.41, 5.74) is 7.16. The summed E-state index contributed by atoms with van der Waals surface area (Å²) in [6, 6.07) is 7.12. The van der Waals surface area contributed by atoms with Gasteiger partial charge >= 0.3 is 0 Å². The first-order valence-electron chi connectivity index (χ1n) is 7.27. The molecule has 0 amide bonds. The summed E-state index contributed by atoms with van der Waals surface area (Å²) < 4.78 is 27.2. The number of hydrogen-bond acceptors (Lipinski definition) is 3. The molecule has 1 saturated carbocycles. The van der Waals surface area contributed by atoms with Gasteiger partial charge in [0.15, 0.2) is 0 Å². The smallest absolute Gasteiger partial charge is 0.215 e. The van der Waals surface area contributed by atoms with Crippen molar-refractivity contribution in [3.63, 3.8) is 0 Å². The molecule has 0 bridgehead atoms. The molecule has 1 aliphatic carbocycles. The lowest BCUT2D eigenvalue weighted by Crippen LogP contribution is -2.36. The Morgan fingerprint density at radius 1 is 1.25 bits per heavy atom. The molecule has 3 N–H and O–H groups in total. The molecule has 112 valence electrons. The normalized spacial score (nSPS) is 18.2. The summed E-state index contributed by atoms with van der Waals surface area (Å²) in [7, 11) is -3.32. The quantitative estimate of drug-likeness (QED) is 0.793. The number of nitrogens with two attached hydrogens (primary N) is 1. The van der Waals surface area contributed by atoms with E-state index < -0.39 is 10.0 Å². The Kier molecular flexibility index (Phi) is 4.70. The number of benzene rings is 1. The SMILES string of the molecule is CCC1(CNS(=O)(=O)Cc2ccccc2N)CCCC1. The maximum absolute atomic E-state index is 12.2. The fourth-order valence-corrected chi connectivity index (χ4v) is 4.27. The Morgan fingerprint density at radius 2 is 1.90 bits per heavy atom. The summed E-state index contributed by atoms with van der Waals surface area (Å²) in [6.07, 6.45) is 5.70. The summed E-state index contributed by atoms with van der Waals surface area (Å²) in [5, 5.41) is 0. The second-order valence-electron chi connectivity index (χ2n) is 5.84. The molecule has 0 aliphatic heterocycles. The molecule has 0 atom stereocenters. The Labute approximate surface area is 121 Å². The Balaban J connectivity index is 1.99. The highest BCUT2D eigenvalue weighted by Gasteiger charge is 2.33. The van der Waals surface area contributed by atoms with Crippen molar-refractivity contribution in [2.45, 2.75) is 44.8 Å². The van der Waals surface area contributed by atoms with E-state index in [1.54, 1.807) is 12.1 Å². The third-order valence-corrected chi connectivity index (χ3v) is 5.76. The van der Waals surface area contributed by atoms with Crippen LogP contribution in [0.3, 0.4) is 0 Å². The first-order chi connectivity index (χ1) is 9.46. The minimum atomic E-state index is -3.32. The number of sulfonamides is 1. The number of nitrogen functional groups attached to an aromatic ring is 1. The molecule has 0 aromatic heterocycles. The Morgan fingerprint density at radius 3 is 2.50 bits per heavy atom. The number of rotatable bonds is 6. The van der Waals surface area contributed by atoms with Gasteiger partial charge in [0.2, 0.25) is 10.0 Å². The zero-order valence-corrected chi connectivity index (χ0v) is 12.9. The van der Waals surface area contributed by atoms with E-state index in [1.807, 2.05) is 12.1 Å². The van der Waals surface area contributed by atoms with Crippen molar-refractivity contribution in [1.29, 1.82) is 0 Å². The molecular weight excluding hydrogens is 272 g/mol. The summed E-state index contributed by atoms with van der Waals surface area (Å²) in [6.45, 7) is 2.70. The predicted octanol–water partition coefficient (Wildman–Crippen LogP) is 2.66. The van der Waals surface area contributed by atoms with Gasteiger partial charge < -0.3 is 5.73 Å². The second-order valence-corrected chi connectivity index (χ2v) is 7.65.